The van der Waals surface area contributed by atoms with Crippen LogP contribution >= 0.6 is 0 Å². The number of aromatic nitrogens is 3. The van der Waals surface area contributed by atoms with Gasteiger partial charge in [-0.15, -0.1) is 0 Å². The predicted molar refractivity (Wildman–Crippen MR) is 94.2 cm³/mol. The smallest absolute Gasteiger partial charge is 0.271 e. The Morgan fingerprint density at radius 3 is 2.60 bits per heavy atom. The molecule has 0 aliphatic carbocycles. The fraction of sp³-hybridized carbons (Fsp3) is 0.158. The van der Waals surface area contributed by atoms with E-state index in [9.17, 15) is 9.59 Å². The number of rotatable bonds is 5. The van der Waals surface area contributed by atoms with Crippen LogP contribution in [0.3, 0.4) is 0 Å². The number of amides is 1. The van der Waals surface area contributed by atoms with Gasteiger partial charge in [0.15, 0.2) is 0 Å². The maximum absolute atomic E-state index is 12.3. The van der Waals surface area contributed by atoms with Crippen molar-refractivity contribution >= 4 is 5.91 Å². The molecule has 0 saturated carbocycles. The molecule has 3 rings (SSSR count). The fourth-order valence-electron chi connectivity index (χ4n) is 2.33. The van der Waals surface area contributed by atoms with Crippen molar-refractivity contribution in [2.24, 2.45) is 0 Å². The Bertz CT molecular complexity index is 918. The number of aryl methyl sites for hydroxylation is 1. The number of nitrogens with one attached hydrogen (secondary N) is 1. The molecule has 1 aromatic carbocycles. The summed E-state index contributed by atoms with van der Waals surface area (Å²) in [4.78, 5) is 28.3. The SMILES string of the molecule is Cc1ccc(Cn2nc(C(=O)NCc3cccnc3)ccc2=O)cc1. The highest BCUT2D eigenvalue weighted by Crippen LogP contribution is 2.04. The van der Waals surface area contributed by atoms with E-state index in [2.05, 4.69) is 15.4 Å². The van der Waals surface area contributed by atoms with E-state index in [0.29, 0.717) is 13.1 Å². The summed E-state index contributed by atoms with van der Waals surface area (Å²) in [6.07, 6.45) is 3.36. The summed E-state index contributed by atoms with van der Waals surface area (Å²) in [6.45, 7) is 2.68. The van der Waals surface area contributed by atoms with Crippen LogP contribution in [-0.2, 0) is 13.1 Å². The molecular formula is C19H18N4O2. The zero-order chi connectivity index (χ0) is 17.6. The molecule has 0 atom stereocenters. The summed E-state index contributed by atoms with van der Waals surface area (Å²) >= 11 is 0. The lowest BCUT2D eigenvalue weighted by atomic mass is 10.1. The van der Waals surface area contributed by atoms with Crippen molar-refractivity contribution < 1.29 is 4.79 Å². The Hall–Kier alpha value is -3.28. The van der Waals surface area contributed by atoms with Crippen LogP contribution in [0.2, 0.25) is 0 Å². The van der Waals surface area contributed by atoms with Crippen LogP contribution in [0.1, 0.15) is 27.2 Å². The molecule has 0 bridgehead atoms. The molecule has 0 unspecified atom stereocenters. The van der Waals surface area contributed by atoms with Crippen molar-refractivity contribution in [3.05, 3.63) is 93.7 Å². The highest BCUT2D eigenvalue weighted by molar-refractivity contribution is 5.91. The van der Waals surface area contributed by atoms with Crippen molar-refractivity contribution in [1.29, 1.82) is 0 Å². The molecule has 2 heterocycles. The van der Waals surface area contributed by atoms with E-state index in [1.165, 1.54) is 16.8 Å². The van der Waals surface area contributed by atoms with Crippen LogP contribution < -0.4 is 10.9 Å². The van der Waals surface area contributed by atoms with E-state index in [4.69, 9.17) is 0 Å². The van der Waals surface area contributed by atoms with Gasteiger partial charge in [-0.25, -0.2) is 4.68 Å². The van der Waals surface area contributed by atoms with E-state index in [-0.39, 0.29) is 17.2 Å². The topological polar surface area (TPSA) is 76.9 Å². The van der Waals surface area contributed by atoms with Gasteiger partial charge in [0.2, 0.25) is 0 Å². The van der Waals surface area contributed by atoms with Crippen molar-refractivity contribution in [2.45, 2.75) is 20.0 Å². The van der Waals surface area contributed by atoms with E-state index in [0.717, 1.165) is 16.7 Å². The number of hydrogen-bond donors (Lipinski definition) is 1. The van der Waals surface area contributed by atoms with Gasteiger partial charge in [-0.3, -0.25) is 14.6 Å². The average Bonchev–Trinajstić information content (AvgIpc) is 2.64. The minimum atomic E-state index is -0.332. The third-order valence-electron chi connectivity index (χ3n) is 3.73. The molecule has 25 heavy (non-hydrogen) atoms. The van der Waals surface area contributed by atoms with Gasteiger partial charge in [0.25, 0.3) is 11.5 Å². The Kier molecular flexibility index (Phi) is 4.99. The monoisotopic (exact) mass is 334 g/mol. The zero-order valence-corrected chi connectivity index (χ0v) is 13.8. The molecule has 3 aromatic rings. The zero-order valence-electron chi connectivity index (χ0n) is 13.8. The molecule has 0 fully saturated rings. The van der Waals surface area contributed by atoms with Crippen molar-refractivity contribution in [3.8, 4) is 0 Å². The molecule has 126 valence electrons. The normalized spacial score (nSPS) is 10.4. The Labute approximate surface area is 145 Å². The highest BCUT2D eigenvalue weighted by atomic mass is 16.2. The second-order valence-electron chi connectivity index (χ2n) is 5.74. The molecule has 0 aliphatic rings. The van der Waals surface area contributed by atoms with E-state index in [1.54, 1.807) is 12.4 Å². The van der Waals surface area contributed by atoms with Gasteiger partial charge < -0.3 is 5.32 Å². The number of benzene rings is 1. The van der Waals surface area contributed by atoms with Crippen molar-refractivity contribution in [2.75, 3.05) is 0 Å². The lowest BCUT2D eigenvalue weighted by molar-refractivity contribution is 0.0943. The Morgan fingerprint density at radius 1 is 1.08 bits per heavy atom. The lowest BCUT2D eigenvalue weighted by Crippen LogP contribution is -2.29. The standard InChI is InChI=1S/C19H18N4O2/c1-14-4-6-15(7-5-14)13-23-18(24)9-8-17(22-23)19(25)21-12-16-3-2-10-20-11-16/h2-11H,12-13H2,1H3,(H,21,25). The first-order chi connectivity index (χ1) is 12.1. The van der Waals surface area contributed by atoms with Crippen molar-refractivity contribution in [1.82, 2.24) is 20.1 Å². The summed E-state index contributed by atoms with van der Waals surface area (Å²) in [7, 11) is 0. The van der Waals surface area contributed by atoms with Crippen LogP contribution in [0.5, 0.6) is 0 Å². The molecular weight excluding hydrogens is 316 g/mol. The molecule has 0 saturated heterocycles. The second kappa shape index (κ2) is 7.53. The first kappa shape index (κ1) is 16.6. The predicted octanol–water partition coefficient (Wildman–Crippen LogP) is 1.93. The van der Waals surface area contributed by atoms with Gasteiger partial charge in [0, 0.05) is 25.0 Å². The minimum absolute atomic E-state index is 0.204. The Balaban J connectivity index is 1.73. The fourth-order valence-corrected chi connectivity index (χ4v) is 2.33. The summed E-state index contributed by atoms with van der Waals surface area (Å²) in [5, 5.41) is 6.96. The molecule has 2 aromatic heterocycles. The first-order valence-electron chi connectivity index (χ1n) is 7.92. The highest BCUT2D eigenvalue weighted by Gasteiger charge is 2.10. The lowest BCUT2D eigenvalue weighted by Gasteiger charge is -2.08. The van der Waals surface area contributed by atoms with Crippen LogP contribution in [0.15, 0.2) is 65.7 Å². The molecule has 0 radical (unpaired) electrons. The summed E-state index contributed by atoms with van der Waals surface area (Å²) in [5.74, 6) is -0.332. The van der Waals surface area contributed by atoms with Crippen LogP contribution in [0.25, 0.3) is 0 Å². The van der Waals surface area contributed by atoms with Crippen LogP contribution in [-0.4, -0.2) is 20.7 Å². The average molecular weight is 334 g/mol. The Morgan fingerprint density at radius 2 is 1.88 bits per heavy atom. The van der Waals surface area contributed by atoms with Crippen molar-refractivity contribution in [3.63, 3.8) is 0 Å². The molecule has 0 aliphatic heterocycles. The third kappa shape index (κ3) is 4.38. The number of nitrogens with zero attached hydrogens (tertiary/aromatic N) is 3. The second-order valence-corrected chi connectivity index (χ2v) is 5.74. The van der Waals surface area contributed by atoms with E-state index in [1.807, 2.05) is 43.3 Å². The van der Waals surface area contributed by atoms with Gasteiger partial charge in [-0.2, -0.15) is 5.10 Å². The molecule has 1 N–H and O–H groups in total. The summed E-state index contributed by atoms with van der Waals surface area (Å²) in [5.41, 5.74) is 2.95. The summed E-state index contributed by atoms with van der Waals surface area (Å²) in [6, 6.07) is 14.3. The number of carbonyl (C=O) groups excluding carboxylic acids is 1. The quantitative estimate of drug-likeness (QED) is 0.773. The van der Waals surface area contributed by atoms with Gasteiger partial charge in [-0.1, -0.05) is 35.9 Å². The molecule has 6 nitrogen and oxygen atoms in total. The maximum Gasteiger partial charge on any atom is 0.271 e. The molecule has 6 heteroatoms. The van der Waals surface area contributed by atoms with E-state index >= 15 is 0 Å². The first-order valence-corrected chi connectivity index (χ1v) is 7.92. The third-order valence-corrected chi connectivity index (χ3v) is 3.73. The van der Waals surface area contributed by atoms with E-state index < -0.39 is 0 Å². The largest absolute Gasteiger partial charge is 0.347 e. The summed E-state index contributed by atoms with van der Waals surface area (Å²) < 4.78 is 1.30. The van der Waals surface area contributed by atoms with Gasteiger partial charge in [0.05, 0.1) is 6.54 Å². The maximum atomic E-state index is 12.3. The van der Waals surface area contributed by atoms with Crippen LogP contribution in [0.4, 0.5) is 0 Å². The minimum Gasteiger partial charge on any atom is -0.347 e. The number of carbonyl (C=O) groups is 1. The van der Waals surface area contributed by atoms with Gasteiger partial charge >= 0.3 is 0 Å². The number of pyridine rings is 1. The van der Waals surface area contributed by atoms with Gasteiger partial charge in [0.1, 0.15) is 5.69 Å². The number of hydrogen-bond acceptors (Lipinski definition) is 4. The van der Waals surface area contributed by atoms with Crippen LogP contribution in [0, 0.1) is 6.92 Å². The molecule has 1 amide bonds. The van der Waals surface area contributed by atoms with Gasteiger partial charge in [-0.05, 0) is 30.2 Å². The molecule has 0 spiro atoms.